The first-order valence-corrected chi connectivity index (χ1v) is 10.9. The number of allylic oxidation sites excluding steroid dienone is 1. The average Bonchev–Trinajstić information content (AvgIpc) is 2.72. The minimum atomic E-state index is -0.0702. The van der Waals surface area contributed by atoms with E-state index in [2.05, 4.69) is 13.5 Å². The van der Waals surface area contributed by atoms with Crippen molar-refractivity contribution in [2.45, 2.75) is 59.7 Å². The fourth-order valence-corrected chi connectivity index (χ4v) is 3.14. The summed E-state index contributed by atoms with van der Waals surface area (Å²) < 4.78 is 17.5. The van der Waals surface area contributed by atoms with Crippen LogP contribution in [0.5, 0.6) is 17.2 Å². The topological polar surface area (TPSA) is 44.8 Å². The minimum Gasteiger partial charge on any atom is -0.491 e. The molecule has 0 N–H and O–H groups in total. The average molecular weight is 423 g/mol. The summed E-state index contributed by atoms with van der Waals surface area (Å²) in [5.74, 6) is 2.19. The van der Waals surface area contributed by atoms with Gasteiger partial charge in [-0.1, -0.05) is 32.1 Å². The monoisotopic (exact) mass is 422 g/mol. The Kier molecular flexibility index (Phi) is 9.39. The molecule has 0 fully saturated rings. The summed E-state index contributed by atoms with van der Waals surface area (Å²) in [6.45, 7) is 14.2. The van der Waals surface area contributed by atoms with Crippen LogP contribution in [0.2, 0.25) is 0 Å². The third kappa shape index (κ3) is 7.63. The molecule has 2 aromatic rings. The Hall–Kier alpha value is -3.01. The van der Waals surface area contributed by atoms with Gasteiger partial charge in [-0.25, -0.2) is 0 Å². The van der Waals surface area contributed by atoms with E-state index in [4.69, 9.17) is 14.2 Å². The molecule has 0 aliphatic carbocycles. The van der Waals surface area contributed by atoms with Gasteiger partial charge in [0.25, 0.3) is 0 Å². The van der Waals surface area contributed by atoms with Gasteiger partial charge in [0.1, 0.15) is 23.9 Å². The Bertz CT molecular complexity index is 892. The van der Waals surface area contributed by atoms with Crippen LogP contribution >= 0.6 is 0 Å². The molecule has 4 heteroatoms. The van der Waals surface area contributed by atoms with E-state index in [0.717, 1.165) is 35.5 Å². The van der Waals surface area contributed by atoms with Crippen LogP contribution in [-0.4, -0.2) is 24.6 Å². The first kappa shape index (κ1) is 24.3. The zero-order chi connectivity index (χ0) is 22.8. The van der Waals surface area contributed by atoms with Crippen LogP contribution in [0.25, 0.3) is 6.08 Å². The smallest absolute Gasteiger partial charge is 0.185 e. The SMILES string of the molecule is C=CCOc1ccc(C(=O)C=Cc2cc(OC(C)C)cc(OC(C)C)c2CCC)cc1. The molecule has 0 aliphatic rings. The molecule has 0 aromatic heterocycles. The van der Waals surface area contributed by atoms with Gasteiger partial charge in [-0.3, -0.25) is 4.79 Å². The molecule has 0 radical (unpaired) electrons. The van der Waals surface area contributed by atoms with Crippen molar-refractivity contribution < 1.29 is 19.0 Å². The highest BCUT2D eigenvalue weighted by Gasteiger charge is 2.14. The van der Waals surface area contributed by atoms with Gasteiger partial charge in [-0.15, -0.1) is 0 Å². The summed E-state index contributed by atoms with van der Waals surface area (Å²) in [4.78, 5) is 12.7. The number of carbonyl (C=O) groups is 1. The van der Waals surface area contributed by atoms with E-state index >= 15 is 0 Å². The van der Waals surface area contributed by atoms with Crippen LogP contribution in [0, 0.1) is 0 Å². The molecule has 2 rings (SSSR count). The molecule has 0 heterocycles. The van der Waals surface area contributed by atoms with Crippen molar-refractivity contribution in [3.8, 4) is 17.2 Å². The van der Waals surface area contributed by atoms with Crippen LogP contribution in [0.4, 0.5) is 0 Å². The van der Waals surface area contributed by atoms with Gasteiger partial charge in [-0.05, 0) is 76.1 Å². The highest BCUT2D eigenvalue weighted by Crippen LogP contribution is 2.32. The maximum absolute atomic E-state index is 12.7. The number of benzene rings is 2. The van der Waals surface area contributed by atoms with Crippen molar-refractivity contribution in [1.29, 1.82) is 0 Å². The van der Waals surface area contributed by atoms with Crippen molar-refractivity contribution in [3.63, 3.8) is 0 Å². The van der Waals surface area contributed by atoms with E-state index < -0.39 is 0 Å². The number of ether oxygens (including phenoxy) is 3. The molecule has 0 saturated heterocycles. The third-order valence-electron chi connectivity index (χ3n) is 4.37. The lowest BCUT2D eigenvalue weighted by molar-refractivity contribution is 0.104. The molecule has 0 spiro atoms. The number of carbonyl (C=O) groups excluding carboxylic acids is 1. The molecule has 0 atom stereocenters. The largest absolute Gasteiger partial charge is 0.491 e. The van der Waals surface area contributed by atoms with Gasteiger partial charge in [0.2, 0.25) is 0 Å². The van der Waals surface area contributed by atoms with Crippen LogP contribution in [0.15, 0.2) is 55.1 Å². The van der Waals surface area contributed by atoms with Gasteiger partial charge < -0.3 is 14.2 Å². The van der Waals surface area contributed by atoms with E-state index in [9.17, 15) is 4.79 Å². The van der Waals surface area contributed by atoms with Crippen molar-refractivity contribution >= 4 is 11.9 Å². The molecular weight excluding hydrogens is 388 g/mol. The van der Waals surface area contributed by atoms with E-state index in [1.165, 1.54) is 0 Å². The van der Waals surface area contributed by atoms with Gasteiger partial charge in [0, 0.05) is 17.2 Å². The zero-order valence-electron chi connectivity index (χ0n) is 19.3. The summed E-state index contributed by atoms with van der Waals surface area (Å²) in [5.41, 5.74) is 2.63. The fourth-order valence-electron chi connectivity index (χ4n) is 3.14. The number of hydrogen-bond acceptors (Lipinski definition) is 4. The molecule has 0 aliphatic heterocycles. The molecule has 0 saturated carbocycles. The van der Waals surface area contributed by atoms with Crippen LogP contribution < -0.4 is 14.2 Å². The van der Waals surface area contributed by atoms with Gasteiger partial charge >= 0.3 is 0 Å². The van der Waals surface area contributed by atoms with E-state index in [-0.39, 0.29) is 18.0 Å². The predicted octanol–water partition coefficient (Wildman–Crippen LogP) is 6.67. The summed E-state index contributed by atoms with van der Waals surface area (Å²) in [7, 11) is 0. The third-order valence-corrected chi connectivity index (χ3v) is 4.37. The second kappa shape index (κ2) is 12.0. The fraction of sp³-hybridized carbons (Fsp3) is 0.370. The van der Waals surface area contributed by atoms with Crippen molar-refractivity contribution in [1.82, 2.24) is 0 Å². The van der Waals surface area contributed by atoms with Crippen molar-refractivity contribution in [3.05, 3.63) is 71.8 Å². The maximum atomic E-state index is 12.7. The molecular formula is C27H34O4. The lowest BCUT2D eigenvalue weighted by Crippen LogP contribution is -2.10. The highest BCUT2D eigenvalue weighted by atomic mass is 16.5. The van der Waals surface area contributed by atoms with E-state index in [1.54, 1.807) is 36.4 Å². The van der Waals surface area contributed by atoms with Crippen molar-refractivity contribution in [2.75, 3.05) is 6.61 Å². The Morgan fingerprint density at radius 3 is 2.26 bits per heavy atom. The summed E-state index contributed by atoms with van der Waals surface area (Å²) in [6, 6.07) is 11.0. The summed E-state index contributed by atoms with van der Waals surface area (Å²) in [5, 5.41) is 0. The zero-order valence-corrected chi connectivity index (χ0v) is 19.3. The Labute approximate surface area is 186 Å². The maximum Gasteiger partial charge on any atom is 0.185 e. The molecule has 4 nitrogen and oxygen atoms in total. The van der Waals surface area contributed by atoms with Gasteiger partial charge in [-0.2, -0.15) is 0 Å². The second-order valence-electron chi connectivity index (χ2n) is 7.89. The standard InChI is InChI=1S/C27H34O4/c1-7-9-25-22(17-24(30-19(3)4)18-27(25)31-20(5)6)12-15-26(28)21-10-13-23(14-11-21)29-16-8-2/h8,10-15,17-20H,2,7,9,16H2,1,3-6H3. The Morgan fingerprint density at radius 2 is 1.68 bits per heavy atom. The van der Waals surface area contributed by atoms with Crippen LogP contribution in [0.1, 0.15) is 62.5 Å². The van der Waals surface area contributed by atoms with Crippen LogP contribution in [0.3, 0.4) is 0 Å². The van der Waals surface area contributed by atoms with Gasteiger partial charge in [0.15, 0.2) is 5.78 Å². The second-order valence-corrected chi connectivity index (χ2v) is 7.89. The molecule has 2 aromatic carbocycles. The summed E-state index contributed by atoms with van der Waals surface area (Å²) >= 11 is 0. The molecule has 166 valence electrons. The van der Waals surface area contributed by atoms with E-state index in [0.29, 0.717) is 17.9 Å². The predicted molar refractivity (Wildman–Crippen MR) is 127 cm³/mol. The van der Waals surface area contributed by atoms with E-state index in [1.807, 2.05) is 45.9 Å². The number of rotatable bonds is 12. The number of hydrogen-bond donors (Lipinski definition) is 0. The Balaban J connectivity index is 2.34. The highest BCUT2D eigenvalue weighted by molar-refractivity contribution is 6.07. The Morgan fingerprint density at radius 1 is 1.00 bits per heavy atom. The first-order chi connectivity index (χ1) is 14.8. The molecule has 31 heavy (non-hydrogen) atoms. The summed E-state index contributed by atoms with van der Waals surface area (Å²) in [6.07, 6.45) is 7.06. The molecule has 0 unspecified atom stereocenters. The minimum absolute atomic E-state index is 0.0456. The van der Waals surface area contributed by atoms with Gasteiger partial charge in [0.05, 0.1) is 12.2 Å². The first-order valence-electron chi connectivity index (χ1n) is 10.9. The quantitative estimate of drug-likeness (QED) is 0.218. The lowest BCUT2D eigenvalue weighted by atomic mass is 9.99. The van der Waals surface area contributed by atoms with Crippen molar-refractivity contribution in [2.24, 2.45) is 0 Å². The van der Waals surface area contributed by atoms with Crippen LogP contribution in [-0.2, 0) is 6.42 Å². The molecule has 0 bridgehead atoms. The lowest BCUT2D eigenvalue weighted by Gasteiger charge is -2.19. The number of ketones is 1. The molecule has 0 amide bonds. The normalized spacial score (nSPS) is 11.2.